The van der Waals surface area contributed by atoms with E-state index in [2.05, 4.69) is 28.8 Å². The lowest BCUT2D eigenvalue weighted by Gasteiger charge is -2.07. The Balaban J connectivity index is 2.45. The molecule has 0 saturated heterocycles. The molecular formula is C15H15NO2. The molecule has 0 radical (unpaired) electrons. The van der Waals surface area contributed by atoms with Crippen molar-refractivity contribution in [2.24, 2.45) is 0 Å². The first kappa shape index (κ1) is 12.3. The van der Waals surface area contributed by atoms with Gasteiger partial charge in [-0.05, 0) is 25.5 Å². The normalized spacial score (nSPS) is 10.2. The van der Waals surface area contributed by atoms with Gasteiger partial charge in [-0.2, -0.15) is 0 Å². The molecule has 0 unspecified atom stereocenters. The van der Waals surface area contributed by atoms with Crippen LogP contribution in [0.4, 0.5) is 0 Å². The number of methoxy groups -OCH3 is 1. The van der Waals surface area contributed by atoms with Crippen molar-refractivity contribution in [3.63, 3.8) is 0 Å². The molecule has 1 aromatic heterocycles. The monoisotopic (exact) mass is 241 g/mol. The fourth-order valence-electron chi connectivity index (χ4n) is 1.90. The molecule has 0 saturated carbocycles. The molecule has 0 aliphatic carbocycles. The maximum atomic E-state index is 11.4. The average Bonchev–Trinajstić information content (AvgIpc) is 2.37. The van der Waals surface area contributed by atoms with Crippen molar-refractivity contribution in [1.29, 1.82) is 0 Å². The average molecular weight is 241 g/mol. The van der Waals surface area contributed by atoms with E-state index in [-0.39, 0.29) is 0 Å². The standard InChI is InChI=1S/C15H15NO2/c1-10-5-4-6-12(9-10)13-7-8-14(15(17)18-3)16-11(13)2/h4-9H,1-3H3. The zero-order valence-corrected chi connectivity index (χ0v) is 10.7. The number of carbonyl (C=O) groups is 1. The SMILES string of the molecule is COC(=O)c1ccc(-c2cccc(C)c2)c(C)n1. The van der Waals surface area contributed by atoms with Crippen LogP contribution in [0.3, 0.4) is 0 Å². The van der Waals surface area contributed by atoms with E-state index in [0.717, 1.165) is 16.8 Å². The third-order valence-electron chi connectivity index (χ3n) is 2.81. The van der Waals surface area contributed by atoms with Gasteiger partial charge in [-0.1, -0.05) is 35.9 Å². The smallest absolute Gasteiger partial charge is 0.356 e. The van der Waals surface area contributed by atoms with E-state index in [0.29, 0.717) is 5.69 Å². The van der Waals surface area contributed by atoms with Gasteiger partial charge in [0.15, 0.2) is 0 Å². The molecule has 18 heavy (non-hydrogen) atoms. The molecule has 1 aromatic carbocycles. The molecule has 3 heteroatoms. The number of carbonyl (C=O) groups excluding carboxylic acids is 1. The van der Waals surface area contributed by atoms with Gasteiger partial charge in [-0.25, -0.2) is 9.78 Å². The van der Waals surface area contributed by atoms with Gasteiger partial charge < -0.3 is 4.74 Å². The van der Waals surface area contributed by atoms with Crippen LogP contribution in [-0.4, -0.2) is 18.1 Å². The van der Waals surface area contributed by atoms with Crippen molar-refractivity contribution >= 4 is 5.97 Å². The number of hydrogen-bond donors (Lipinski definition) is 0. The highest BCUT2D eigenvalue weighted by Crippen LogP contribution is 2.23. The van der Waals surface area contributed by atoms with Crippen LogP contribution in [0.2, 0.25) is 0 Å². The summed E-state index contributed by atoms with van der Waals surface area (Å²) < 4.78 is 4.65. The highest BCUT2D eigenvalue weighted by Gasteiger charge is 2.10. The minimum atomic E-state index is -0.408. The number of benzene rings is 1. The lowest BCUT2D eigenvalue weighted by molar-refractivity contribution is 0.0594. The molecule has 0 bridgehead atoms. The van der Waals surface area contributed by atoms with Gasteiger partial charge in [0, 0.05) is 11.3 Å². The number of rotatable bonds is 2. The zero-order chi connectivity index (χ0) is 13.1. The summed E-state index contributed by atoms with van der Waals surface area (Å²) in [5.41, 5.74) is 4.50. The van der Waals surface area contributed by atoms with Crippen LogP contribution in [-0.2, 0) is 4.74 Å². The quantitative estimate of drug-likeness (QED) is 0.758. The summed E-state index contributed by atoms with van der Waals surface area (Å²) in [4.78, 5) is 15.7. The van der Waals surface area contributed by atoms with Crippen LogP contribution < -0.4 is 0 Å². The van der Waals surface area contributed by atoms with Crippen LogP contribution in [0.15, 0.2) is 36.4 Å². The van der Waals surface area contributed by atoms with Crippen molar-refractivity contribution in [3.8, 4) is 11.1 Å². The summed E-state index contributed by atoms with van der Waals surface area (Å²) >= 11 is 0. The summed E-state index contributed by atoms with van der Waals surface area (Å²) in [7, 11) is 1.35. The number of aromatic nitrogens is 1. The lowest BCUT2D eigenvalue weighted by Crippen LogP contribution is -2.05. The largest absolute Gasteiger partial charge is 0.464 e. The Morgan fingerprint density at radius 1 is 1.17 bits per heavy atom. The van der Waals surface area contributed by atoms with Crippen LogP contribution in [0.5, 0.6) is 0 Å². The minimum absolute atomic E-state index is 0.339. The molecule has 2 aromatic rings. The molecule has 1 heterocycles. The molecule has 0 aliphatic heterocycles. The van der Waals surface area contributed by atoms with E-state index in [1.807, 2.05) is 25.1 Å². The van der Waals surface area contributed by atoms with Crippen LogP contribution in [0, 0.1) is 13.8 Å². The van der Waals surface area contributed by atoms with Crippen molar-refractivity contribution in [3.05, 3.63) is 53.3 Å². The maximum absolute atomic E-state index is 11.4. The third-order valence-corrected chi connectivity index (χ3v) is 2.81. The summed E-state index contributed by atoms with van der Waals surface area (Å²) in [6.07, 6.45) is 0. The van der Waals surface area contributed by atoms with Crippen LogP contribution in [0.1, 0.15) is 21.7 Å². The number of aryl methyl sites for hydroxylation is 2. The lowest BCUT2D eigenvalue weighted by atomic mass is 10.0. The Morgan fingerprint density at radius 2 is 1.94 bits per heavy atom. The van der Waals surface area contributed by atoms with E-state index in [4.69, 9.17) is 0 Å². The molecule has 0 atom stereocenters. The Labute approximate surface area is 106 Å². The number of ether oxygens (including phenoxy) is 1. The second-order valence-corrected chi connectivity index (χ2v) is 4.19. The Kier molecular flexibility index (Phi) is 3.42. The first-order chi connectivity index (χ1) is 8.61. The molecule has 0 amide bonds. The van der Waals surface area contributed by atoms with E-state index in [1.54, 1.807) is 6.07 Å². The molecular weight excluding hydrogens is 226 g/mol. The molecule has 92 valence electrons. The second-order valence-electron chi connectivity index (χ2n) is 4.19. The Morgan fingerprint density at radius 3 is 2.56 bits per heavy atom. The topological polar surface area (TPSA) is 39.2 Å². The highest BCUT2D eigenvalue weighted by molar-refractivity contribution is 5.87. The van der Waals surface area contributed by atoms with Gasteiger partial charge in [-0.15, -0.1) is 0 Å². The Hall–Kier alpha value is -2.16. The molecule has 0 aliphatic rings. The van der Waals surface area contributed by atoms with Gasteiger partial charge in [0.2, 0.25) is 0 Å². The zero-order valence-electron chi connectivity index (χ0n) is 10.7. The van der Waals surface area contributed by atoms with Gasteiger partial charge in [0.05, 0.1) is 7.11 Å². The number of pyridine rings is 1. The predicted molar refractivity (Wildman–Crippen MR) is 70.5 cm³/mol. The van der Waals surface area contributed by atoms with E-state index in [1.165, 1.54) is 12.7 Å². The number of esters is 1. The molecule has 0 N–H and O–H groups in total. The Bertz CT molecular complexity index is 591. The van der Waals surface area contributed by atoms with Crippen molar-refractivity contribution in [2.75, 3.05) is 7.11 Å². The second kappa shape index (κ2) is 5.00. The van der Waals surface area contributed by atoms with E-state index in [9.17, 15) is 4.79 Å². The molecule has 0 fully saturated rings. The van der Waals surface area contributed by atoms with E-state index < -0.39 is 5.97 Å². The first-order valence-electron chi connectivity index (χ1n) is 5.75. The number of hydrogen-bond acceptors (Lipinski definition) is 3. The molecule has 2 rings (SSSR count). The highest BCUT2D eigenvalue weighted by atomic mass is 16.5. The van der Waals surface area contributed by atoms with Crippen molar-refractivity contribution in [2.45, 2.75) is 13.8 Å². The fourth-order valence-corrected chi connectivity index (χ4v) is 1.90. The summed E-state index contributed by atoms with van der Waals surface area (Å²) in [5, 5.41) is 0. The number of nitrogens with zero attached hydrogens (tertiary/aromatic N) is 1. The maximum Gasteiger partial charge on any atom is 0.356 e. The predicted octanol–water partition coefficient (Wildman–Crippen LogP) is 3.15. The van der Waals surface area contributed by atoms with E-state index >= 15 is 0 Å². The first-order valence-corrected chi connectivity index (χ1v) is 5.75. The summed E-state index contributed by atoms with van der Waals surface area (Å²) in [6, 6.07) is 11.8. The molecule has 3 nitrogen and oxygen atoms in total. The van der Waals surface area contributed by atoms with Gasteiger partial charge in [0.1, 0.15) is 5.69 Å². The van der Waals surface area contributed by atoms with Gasteiger partial charge in [0.25, 0.3) is 0 Å². The molecule has 0 spiro atoms. The summed E-state index contributed by atoms with van der Waals surface area (Å²) in [5.74, 6) is -0.408. The van der Waals surface area contributed by atoms with Crippen LogP contribution in [0.25, 0.3) is 11.1 Å². The summed E-state index contributed by atoms with van der Waals surface area (Å²) in [6.45, 7) is 3.94. The fraction of sp³-hybridized carbons (Fsp3) is 0.200. The van der Waals surface area contributed by atoms with Crippen molar-refractivity contribution in [1.82, 2.24) is 4.98 Å². The third kappa shape index (κ3) is 2.40. The van der Waals surface area contributed by atoms with Crippen molar-refractivity contribution < 1.29 is 9.53 Å². The van der Waals surface area contributed by atoms with Crippen LogP contribution >= 0.6 is 0 Å². The van der Waals surface area contributed by atoms with Gasteiger partial charge in [-0.3, -0.25) is 0 Å². The van der Waals surface area contributed by atoms with Gasteiger partial charge >= 0.3 is 5.97 Å². The minimum Gasteiger partial charge on any atom is -0.464 e.